The van der Waals surface area contributed by atoms with E-state index in [2.05, 4.69) is 28.5 Å². The number of aromatic nitrogens is 1. The van der Waals surface area contributed by atoms with Crippen molar-refractivity contribution in [1.29, 1.82) is 0 Å². The van der Waals surface area contributed by atoms with Gasteiger partial charge in [-0.15, -0.1) is 46.2 Å². The van der Waals surface area contributed by atoms with Crippen molar-refractivity contribution in [3.8, 4) is 11.1 Å². The smallest absolute Gasteiger partial charge is 0.657 e. The standard InChI is InChI=1S/C24H29N4.C14H6F6N.Pt/c1-7-8-26(5)16-25-22-13-21(24-19(3)11-18(2)12-20(24)4)14-23(15-22)28-10-9-27(6)17-28;15-13(16,17)7-1-3-11-9(5-7)10-6-8(14(18,19)20)2-4-12(10)21-11;/h7-14,16-17,25H,1-6H3;1-6H;/q-3;-1;+4/b8-7-;;/i5D3,6D3;;. The first kappa shape index (κ1) is 30.5. The van der Waals surface area contributed by atoms with E-state index in [0.717, 1.165) is 74.0 Å². The molecule has 4 aromatic carbocycles. The molecule has 12 heteroatoms. The molecule has 5 aromatic rings. The van der Waals surface area contributed by atoms with E-state index in [9.17, 15) is 26.3 Å². The van der Waals surface area contributed by atoms with Crippen LogP contribution in [0.3, 0.4) is 0 Å². The van der Waals surface area contributed by atoms with Gasteiger partial charge in [0.05, 0.1) is 11.1 Å². The summed E-state index contributed by atoms with van der Waals surface area (Å²) in [5.41, 5.74) is 5.12. The van der Waals surface area contributed by atoms with Crippen LogP contribution in [0.25, 0.3) is 32.9 Å². The van der Waals surface area contributed by atoms with Gasteiger partial charge in [0.1, 0.15) is 0 Å². The summed E-state index contributed by atoms with van der Waals surface area (Å²) in [5.74, 6) is 0. The van der Waals surface area contributed by atoms with Gasteiger partial charge in [-0.2, -0.15) is 39.7 Å². The topological polar surface area (TPSA) is 35.9 Å². The van der Waals surface area contributed by atoms with E-state index in [1.165, 1.54) is 25.7 Å². The van der Waals surface area contributed by atoms with E-state index >= 15 is 0 Å². The summed E-state index contributed by atoms with van der Waals surface area (Å²) in [5, 5.41) is 3.17. The van der Waals surface area contributed by atoms with Gasteiger partial charge < -0.3 is 25.0 Å². The Hall–Kier alpha value is -4.37. The van der Waals surface area contributed by atoms with Gasteiger partial charge in [0.2, 0.25) is 0 Å². The summed E-state index contributed by atoms with van der Waals surface area (Å²) >= 11 is 0. The summed E-state index contributed by atoms with van der Waals surface area (Å²) in [4.78, 5) is 7.96. The van der Waals surface area contributed by atoms with Crippen molar-refractivity contribution in [1.82, 2.24) is 14.8 Å². The molecule has 0 amide bonds. The molecule has 0 spiro atoms. The van der Waals surface area contributed by atoms with Gasteiger partial charge in [-0.05, 0) is 99.8 Å². The number of fused-ring (bicyclic) bond motifs is 3. The van der Waals surface area contributed by atoms with E-state index in [-0.39, 0.29) is 42.9 Å². The normalized spacial score (nSPS) is 15.5. The van der Waals surface area contributed by atoms with Crippen molar-refractivity contribution in [2.75, 3.05) is 24.2 Å². The summed E-state index contributed by atoms with van der Waals surface area (Å²) < 4.78 is 122. The van der Waals surface area contributed by atoms with E-state index in [1.54, 1.807) is 24.1 Å². The third-order valence-corrected chi connectivity index (χ3v) is 7.58. The second-order valence-corrected chi connectivity index (χ2v) is 11.4. The minimum atomic E-state index is -4.56. The average molecular weight is 877 g/mol. The van der Waals surface area contributed by atoms with Crippen LogP contribution in [0.15, 0.2) is 85.3 Å². The van der Waals surface area contributed by atoms with Crippen LogP contribution in [0, 0.1) is 40.2 Å². The van der Waals surface area contributed by atoms with Crippen LogP contribution in [-0.2, 0) is 33.4 Å². The maximum atomic E-state index is 12.7. The van der Waals surface area contributed by atoms with Gasteiger partial charge in [-0.1, -0.05) is 48.0 Å². The Kier molecular flexibility index (Phi) is 9.29. The van der Waals surface area contributed by atoms with Gasteiger partial charge in [0.15, 0.2) is 0 Å². The zero-order valence-corrected chi connectivity index (χ0v) is 29.4. The second-order valence-electron chi connectivity index (χ2n) is 11.4. The Labute approximate surface area is 310 Å². The van der Waals surface area contributed by atoms with Gasteiger partial charge in [0.25, 0.3) is 0 Å². The molecule has 50 heavy (non-hydrogen) atoms. The van der Waals surface area contributed by atoms with Crippen LogP contribution in [0.5, 0.6) is 0 Å². The number of alkyl halides is 6. The zero-order chi connectivity index (χ0) is 40.7. The molecule has 0 atom stereocenters. The van der Waals surface area contributed by atoms with Gasteiger partial charge in [-0.3, -0.25) is 0 Å². The molecule has 2 heterocycles. The van der Waals surface area contributed by atoms with Crippen LogP contribution in [0.4, 0.5) is 37.7 Å². The van der Waals surface area contributed by atoms with Crippen LogP contribution in [0.2, 0.25) is 0 Å². The van der Waals surface area contributed by atoms with Crippen molar-refractivity contribution in [2.24, 2.45) is 0 Å². The molecule has 5 nitrogen and oxygen atoms in total. The fourth-order valence-corrected chi connectivity index (χ4v) is 5.57. The molecule has 1 aromatic heterocycles. The molecule has 0 fully saturated rings. The average Bonchev–Trinajstić information content (AvgIpc) is 3.71. The molecule has 0 saturated carbocycles. The Bertz CT molecular complexity index is 2150. The van der Waals surface area contributed by atoms with Crippen LogP contribution in [-0.4, -0.2) is 23.8 Å². The van der Waals surface area contributed by atoms with E-state index in [0.29, 0.717) is 11.4 Å². The number of halogens is 6. The quantitative estimate of drug-likeness (QED) is 0.136. The monoisotopic (exact) mass is 876 g/mol. The number of hydrogen-bond acceptors (Lipinski definition) is 4. The predicted octanol–water partition coefficient (Wildman–Crippen LogP) is 10.4. The van der Waals surface area contributed by atoms with E-state index < -0.39 is 37.4 Å². The van der Waals surface area contributed by atoms with Gasteiger partial charge in [0, 0.05) is 8.22 Å². The molecule has 6 rings (SSSR count). The largest absolute Gasteiger partial charge is 4.00 e. The molecule has 0 aliphatic carbocycles. The Balaban J connectivity index is 0.000000271. The fourth-order valence-electron chi connectivity index (χ4n) is 5.57. The van der Waals surface area contributed by atoms with Crippen LogP contribution >= 0.6 is 0 Å². The number of hydrogen-bond donors (Lipinski definition) is 1. The Morgan fingerprint density at radius 2 is 1.48 bits per heavy atom. The summed E-state index contributed by atoms with van der Waals surface area (Å²) in [6, 6.07) is 17.0. The molecule has 1 N–H and O–H groups in total. The van der Waals surface area contributed by atoms with Crippen LogP contribution in [0.1, 0.15) is 43.0 Å². The Morgan fingerprint density at radius 1 is 0.880 bits per heavy atom. The number of aryl methyl sites for hydroxylation is 3. The second kappa shape index (κ2) is 15.3. The van der Waals surface area contributed by atoms with Crippen LogP contribution < -0.4 is 15.2 Å². The Morgan fingerprint density at radius 3 is 1.98 bits per heavy atom. The molecular weight excluding hydrogens is 836 g/mol. The van der Waals surface area contributed by atoms with Gasteiger partial charge >= 0.3 is 33.4 Å². The number of benzene rings is 4. The maximum absolute atomic E-state index is 12.7. The summed E-state index contributed by atoms with van der Waals surface area (Å²) in [7, 11) is 0. The molecule has 0 radical (unpaired) electrons. The van der Waals surface area contributed by atoms with E-state index in [4.69, 9.17) is 8.22 Å². The molecule has 0 unspecified atom stereocenters. The first-order chi connectivity index (χ1) is 25.4. The maximum Gasteiger partial charge on any atom is 4.00 e. The fraction of sp³-hybridized carbons (Fsp3) is 0.211. The predicted molar refractivity (Wildman–Crippen MR) is 184 cm³/mol. The number of allylic oxidation sites excluding steroid dienone is 1. The molecule has 1 aliphatic heterocycles. The zero-order valence-electron chi connectivity index (χ0n) is 33.1. The summed E-state index contributed by atoms with van der Waals surface area (Å²) in [6.07, 6.45) is -2.87. The number of nitrogens with zero attached hydrogens (tertiary/aromatic N) is 4. The van der Waals surface area contributed by atoms with Gasteiger partial charge in [-0.25, -0.2) is 0 Å². The SMILES string of the molecule is FC(F)(F)c1ccc2[n-]c3ccc(C(F)(F)F)cc3c2c1.[2H]C([2H])([2H])N1C=CN(c2[c-]c(N[CH-]N(/C=C\C)C([2H])([2H])[2H])cc(-c3c(C)cc(C)cc3C)c2)[CH-]1.[Pt+4]. The third kappa shape index (κ3) is 8.85. The van der Waals surface area contributed by atoms with Crippen molar-refractivity contribution >= 4 is 33.2 Å². The molecule has 264 valence electrons. The molecule has 0 bridgehead atoms. The minimum Gasteiger partial charge on any atom is -0.657 e. The van der Waals surface area contributed by atoms with Crippen molar-refractivity contribution < 1.29 is 55.6 Å². The van der Waals surface area contributed by atoms with Crippen molar-refractivity contribution in [3.05, 3.63) is 133 Å². The first-order valence-electron chi connectivity index (χ1n) is 17.9. The number of nitrogens with one attached hydrogen (secondary N) is 1. The van der Waals surface area contributed by atoms with Crippen molar-refractivity contribution in [3.63, 3.8) is 0 Å². The van der Waals surface area contributed by atoms with Crippen molar-refractivity contribution in [2.45, 2.75) is 40.0 Å². The number of anilines is 2. The molecule has 0 saturated heterocycles. The van der Waals surface area contributed by atoms with E-state index in [1.807, 2.05) is 32.9 Å². The third-order valence-electron chi connectivity index (χ3n) is 7.58. The molecule has 1 aliphatic rings. The first-order valence-corrected chi connectivity index (χ1v) is 14.9. The molecular formula is C38H35F6N5Pt. The summed E-state index contributed by atoms with van der Waals surface area (Å²) in [6.45, 7) is 6.10. The number of rotatable bonds is 6. The minimum absolute atomic E-state index is 0.